The molecule has 0 saturated carbocycles. The molecular formula is C21H25N9O6S2. The van der Waals surface area contributed by atoms with Gasteiger partial charge in [0.2, 0.25) is 17.4 Å². The third-order valence-electron chi connectivity index (χ3n) is 6.68. The number of β-lactam (4-membered cyclic amide) rings is 1. The van der Waals surface area contributed by atoms with E-state index in [1.807, 2.05) is 0 Å². The van der Waals surface area contributed by atoms with E-state index in [0.717, 1.165) is 29.5 Å². The second-order valence-corrected chi connectivity index (χ2v) is 10.8. The standard InChI is InChI=1S/C21H25N9O6S2/c22-21-27-15(29-38-21)12(28-36)17(32)26-13-18(33)30-14(20(34)35)11(7-37-19(13)30)9(10-2-4-25-16(10)31)1-3-24-8-5-23-6-8/h8,13,19,23-24,36H,1-7H2,(H,25,31)(H,26,32)(H,34,35)(H2,22,27,29)/t13-,19-/m1/s1. The Hall–Kier alpha value is -3.54. The molecule has 0 aliphatic carbocycles. The molecule has 15 nitrogen and oxygen atoms in total. The lowest BCUT2D eigenvalue weighted by atomic mass is 9.92. The molecule has 202 valence electrons. The number of fused-ring (bicyclic) bond motifs is 1. The fraction of sp³-hybridized carbons (Fsp3) is 0.476. The smallest absolute Gasteiger partial charge is 0.352 e. The molecule has 4 aliphatic heterocycles. The number of carboxylic acid groups (broad SMARTS) is 1. The van der Waals surface area contributed by atoms with Crippen molar-refractivity contribution in [3.8, 4) is 0 Å². The van der Waals surface area contributed by atoms with E-state index in [2.05, 4.69) is 35.8 Å². The molecule has 0 bridgehead atoms. The summed E-state index contributed by atoms with van der Waals surface area (Å²) < 4.78 is 3.83. The van der Waals surface area contributed by atoms with E-state index >= 15 is 0 Å². The van der Waals surface area contributed by atoms with Gasteiger partial charge in [-0.05, 0) is 30.5 Å². The Balaban J connectivity index is 1.38. The zero-order valence-electron chi connectivity index (χ0n) is 19.9. The Kier molecular flexibility index (Phi) is 7.33. The molecule has 3 saturated heterocycles. The number of nitrogens with one attached hydrogen (secondary N) is 4. The van der Waals surface area contributed by atoms with Gasteiger partial charge in [0.25, 0.3) is 11.8 Å². The minimum Gasteiger partial charge on any atom is -0.477 e. The highest BCUT2D eigenvalue weighted by Gasteiger charge is 2.55. The number of rotatable bonds is 9. The lowest BCUT2D eigenvalue weighted by Gasteiger charge is -2.49. The van der Waals surface area contributed by atoms with Gasteiger partial charge in [-0.15, -0.1) is 11.8 Å². The van der Waals surface area contributed by atoms with Gasteiger partial charge in [0.1, 0.15) is 17.1 Å². The number of anilines is 1. The summed E-state index contributed by atoms with van der Waals surface area (Å²) in [6, 6.07) is -0.740. The summed E-state index contributed by atoms with van der Waals surface area (Å²) in [5.74, 6) is -3.04. The third-order valence-corrected chi connectivity index (χ3v) is 8.50. The molecule has 5 rings (SSSR count). The number of aromatic nitrogens is 2. The van der Waals surface area contributed by atoms with Crippen LogP contribution in [0.3, 0.4) is 0 Å². The van der Waals surface area contributed by atoms with Crippen LogP contribution >= 0.6 is 23.3 Å². The Morgan fingerprint density at radius 3 is 2.66 bits per heavy atom. The van der Waals surface area contributed by atoms with Crippen molar-refractivity contribution in [2.24, 2.45) is 5.16 Å². The average molecular weight is 564 g/mol. The Bertz CT molecular complexity index is 1290. The molecule has 0 radical (unpaired) electrons. The summed E-state index contributed by atoms with van der Waals surface area (Å²) in [5, 5.41) is 33.6. The molecule has 3 amide bonds. The maximum Gasteiger partial charge on any atom is 0.352 e. The molecule has 0 aromatic carbocycles. The van der Waals surface area contributed by atoms with Crippen molar-refractivity contribution in [1.82, 2.24) is 35.5 Å². The number of carboxylic acids is 1. The first kappa shape index (κ1) is 26.1. The highest BCUT2D eigenvalue weighted by atomic mass is 32.2. The maximum atomic E-state index is 13.1. The van der Waals surface area contributed by atoms with E-state index in [9.17, 15) is 29.5 Å². The first-order valence-electron chi connectivity index (χ1n) is 11.8. The van der Waals surface area contributed by atoms with Crippen molar-refractivity contribution >= 4 is 57.8 Å². The first-order chi connectivity index (χ1) is 18.3. The van der Waals surface area contributed by atoms with E-state index in [-0.39, 0.29) is 28.3 Å². The fourth-order valence-electron chi connectivity index (χ4n) is 4.71. The predicted molar refractivity (Wildman–Crippen MR) is 136 cm³/mol. The van der Waals surface area contributed by atoms with Crippen LogP contribution in [0.25, 0.3) is 0 Å². The Morgan fingerprint density at radius 1 is 1.29 bits per heavy atom. The van der Waals surface area contributed by atoms with E-state index in [4.69, 9.17) is 5.73 Å². The lowest BCUT2D eigenvalue weighted by Crippen LogP contribution is -2.71. The van der Waals surface area contributed by atoms with Gasteiger partial charge in [0, 0.05) is 48.5 Å². The van der Waals surface area contributed by atoms with Crippen LogP contribution in [0.15, 0.2) is 27.6 Å². The summed E-state index contributed by atoms with van der Waals surface area (Å²) in [7, 11) is 0. The van der Waals surface area contributed by atoms with Gasteiger partial charge in [-0.25, -0.2) is 4.79 Å². The average Bonchev–Trinajstić information content (AvgIpc) is 3.49. The van der Waals surface area contributed by atoms with Gasteiger partial charge >= 0.3 is 5.97 Å². The Labute approximate surface area is 224 Å². The number of hydrogen-bond acceptors (Lipinski definition) is 13. The molecule has 38 heavy (non-hydrogen) atoms. The van der Waals surface area contributed by atoms with Gasteiger partial charge in [-0.3, -0.25) is 19.3 Å². The van der Waals surface area contributed by atoms with E-state index in [0.29, 0.717) is 48.7 Å². The summed E-state index contributed by atoms with van der Waals surface area (Å²) in [6.07, 6.45) is 0.896. The van der Waals surface area contributed by atoms with Crippen LogP contribution in [-0.2, 0) is 19.2 Å². The molecule has 8 N–H and O–H groups in total. The molecule has 4 aliphatic rings. The second-order valence-electron chi connectivity index (χ2n) is 8.92. The van der Waals surface area contributed by atoms with Crippen molar-refractivity contribution in [1.29, 1.82) is 0 Å². The van der Waals surface area contributed by atoms with Gasteiger partial charge in [-0.1, -0.05) is 5.16 Å². The normalized spacial score (nSPS) is 24.9. The van der Waals surface area contributed by atoms with Gasteiger partial charge in [0.15, 0.2) is 5.13 Å². The fourth-order valence-corrected chi connectivity index (χ4v) is 6.53. The van der Waals surface area contributed by atoms with Crippen LogP contribution in [0.5, 0.6) is 0 Å². The lowest BCUT2D eigenvalue weighted by molar-refractivity contribution is -0.150. The number of aliphatic carboxylic acids is 1. The van der Waals surface area contributed by atoms with Crippen molar-refractivity contribution in [2.75, 3.05) is 37.7 Å². The SMILES string of the molecule is Nc1nc(C(=NO)C(=O)N[C@@H]2C(=O)N3C(C(=O)O)=C(C(CCNC4CNC4)=C4CCNC4=O)CS[C@H]23)ns1. The molecule has 1 aromatic rings. The molecule has 2 atom stereocenters. The molecule has 17 heteroatoms. The van der Waals surface area contributed by atoms with Crippen molar-refractivity contribution in [3.63, 3.8) is 0 Å². The van der Waals surface area contributed by atoms with Crippen molar-refractivity contribution < 1.29 is 29.5 Å². The van der Waals surface area contributed by atoms with E-state index in [1.54, 1.807) is 0 Å². The molecule has 1 aromatic heterocycles. The number of nitrogens with two attached hydrogens (primary N) is 1. The number of nitrogen functional groups attached to an aromatic ring is 1. The van der Waals surface area contributed by atoms with Crippen LogP contribution in [0.4, 0.5) is 5.13 Å². The Morgan fingerprint density at radius 2 is 2.08 bits per heavy atom. The van der Waals surface area contributed by atoms with Crippen LogP contribution in [0.1, 0.15) is 18.7 Å². The predicted octanol–water partition coefficient (Wildman–Crippen LogP) is -2.19. The molecule has 0 spiro atoms. The molecular weight excluding hydrogens is 538 g/mol. The minimum atomic E-state index is -1.30. The highest BCUT2D eigenvalue weighted by molar-refractivity contribution is 8.00. The largest absolute Gasteiger partial charge is 0.477 e. The van der Waals surface area contributed by atoms with Gasteiger partial charge in [-0.2, -0.15) is 9.36 Å². The van der Waals surface area contributed by atoms with Crippen molar-refractivity contribution in [2.45, 2.75) is 30.3 Å². The monoisotopic (exact) mass is 563 g/mol. The highest BCUT2D eigenvalue weighted by Crippen LogP contribution is 2.43. The number of thioether (sulfide) groups is 1. The number of amides is 3. The van der Waals surface area contributed by atoms with Crippen LogP contribution < -0.4 is 27.0 Å². The summed E-state index contributed by atoms with van der Waals surface area (Å²) >= 11 is 2.09. The van der Waals surface area contributed by atoms with Crippen LogP contribution in [0, 0.1) is 0 Å². The van der Waals surface area contributed by atoms with E-state index < -0.39 is 34.9 Å². The molecule has 3 fully saturated rings. The third kappa shape index (κ3) is 4.72. The number of carbonyl (C=O) groups excluding carboxylic acids is 3. The van der Waals surface area contributed by atoms with Crippen LogP contribution in [0.2, 0.25) is 0 Å². The quantitative estimate of drug-likeness (QED) is 0.0559. The van der Waals surface area contributed by atoms with Gasteiger partial charge in [0.05, 0.1) is 0 Å². The summed E-state index contributed by atoms with van der Waals surface area (Å²) in [5.41, 5.74) is 6.40. The zero-order valence-corrected chi connectivity index (χ0v) is 21.5. The molecule has 0 unspecified atom stereocenters. The van der Waals surface area contributed by atoms with Crippen molar-refractivity contribution in [3.05, 3.63) is 28.2 Å². The number of carbonyl (C=O) groups is 4. The zero-order chi connectivity index (χ0) is 27.0. The summed E-state index contributed by atoms with van der Waals surface area (Å²) in [4.78, 5) is 55.8. The number of oxime groups is 1. The topological polar surface area (TPSA) is 224 Å². The second kappa shape index (κ2) is 10.7. The van der Waals surface area contributed by atoms with E-state index in [1.165, 1.54) is 11.8 Å². The number of nitrogens with zero attached hydrogens (tertiary/aromatic N) is 4. The maximum absolute atomic E-state index is 13.1. The number of hydrogen-bond donors (Lipinski definition) is 7. The van der Waals surface area contributed by atoms with Gasteiger partial charge < -0.3 is 37.3 Å². The summed E-state index contributed by atoms with van der Waals surface area (Å²) in [6.45, 7) is 2.70. The minimum absolute atomic E-state index is 0.0619. The van der Waals surface area contributed by atoms with Crippen LogP contribution in [-0.4, -0.2) is 103 Å². The first-order valence-corrected chi connectivity index (χ1v) is 13.6. The molecule has 5 heterocycles.